The maximum atomic E-state index is 12.4. The average Bonchev–Trinajstić information content (AvgIpc) is 3.25. The minimum Gasteiger partial charge on any atom is -0.394 e. The maximum absolute atomic E-state index is 12.4. The first-order valence-electron chi connectivity index (χ1n) is 24.4. The summed E-state index contributed by atoms with van der Waals surface area (Å²) in [6.45, 7) is 4.13. The third-order valence-electron chi connectivity index (χ3n) is 10.1. The van der Waals surface area contributed by atoms with Crippen LogP contribution in [-0.4, -0.2) is 34.9 Å². The smallest absolute Gasteiger partial charge is 0.220 e. The van der Waals surface area contributed by atoms with E-state index in [4.69, 9.17) is 0 Å². The van der Waals surface area contributed by atoms with Gasteiger partial charge in [0.1, 0.15) is 0 Å². The van der Waals surface area contributed by atoms with Crippen LogP contribution in [0.2, 0.25) is 0 Å². The Hall–Kier alpha value is -3.47. The van der Waals surface area contributed by atoms with Gasteiger partial charge in [0.25, 0.3) is 0 Å². The van der Waals surface area contributed by atoms with Crippen molar-refractivity contribution in [2.75, 3.05) is 6.61 Å². The van der Waals surface area contributed by atoms with Crippen molar-refractivity contribution in [2.45, 2.75) is 206 Å². The molecule has 0 rings (SSSR count). The fourth-order valence-electron chi connectivity index (χ4n) is 6.42. The largest absolute Gasteiger partial charge is 0.394 e. The normalized spacial score (nSPS) is 14.1. The fourth-order valence-corrected chi connectivity index (χ4v) is 6.42. The van der Waals surface area contributed by atoms with Gasteiger partial charge in [-0.3, -0.25) is 4.79 Å². The molecule has 0 aliphatic rings. The minimum atomic E-state index is -0.871. The SMILES string of the molecule is CC/C=C\C/C=C\C/C=C\C/C=C\C/C=C\C/C=C\C/C=C\C/C=C\C/C=C\CCCCCCCCCCCC(=O)NC(CO)C(O)/C=C/CC/C=C/CCCCCCC. The first-order valence-corrected chi connectivity index (χ1v) is 24.4. The van der Waals surface area contributed by atoms with Gasteiger partial charge in [0, 0.05) is 6.42 Å². The molecule has 0 bridgehead atoms. The molecule has 3 N–H and O–H groups in total. The molecule has 0 aromatic heterocycles. The number of aliphatic hydroxyl groups is 2. The second-order valence-electron chi connectivity index (χ2n) is 15.8. The topological polar surface area (TPSA) is 69.6 Å². The van der Waals surface area contributed by atoms with Gasteiger partial charge in [-0.05, 0) is 103 Å². The van der Waals surface area contributed by atoms with Crippen LogP contribution in [0.1, 0.15) is 194 Å². The van der Waals surface area contributed by atoms with Gasteiger partial charge in [-0.25, -0.2) is 0 Å². The molecule has 0 heterocycles. The van der Waals surface area contributed by atoms with Gasteiger partial charge in [0.2, 0.25) is 5.91 Å². The molecule has 0 saturated heterocycles. The molecule has 2 unspecified atom stereocenters. The van der Waals surface area contributed by atoms with Crippen LogP contribution in [-0.2, 0) is 4.79 Å². The van der Waals surface area contributed by atoms with Crippen molar-refractivity contribution in [2.24, 2.45) is 0 Å². The maximum Gasteiger partial charge on any atom is 0.220 e. The molecule has 0 aromatic carbocycles. The summed E-state index contributed by atoms with van der Waals surface area (Å²) in [4.78, 5) is 12.4. The van der Waals surface area contributed by atoms with Crippen molar-refractivity contribution in [3.8, 4) is 0 Å². The standard InChI is InChI=1S/C56H91NO3/c1-3-5-7-9-11-13-15-16-17-18-19-20-21-22-23-24-25-26-27-28-29-30-31-32-33-34-35-36-37-38-39-40-42-44-46-48-50-52-56(60)57-54(53-58)55(59)51-49-47-45-43-41-14-12-10-8-6-4-2/h5,7,11,13,16-17,19-20,22-23,25-26,28-29,31-32,34-35,41,43,49,51,54-55,58-59H,3-4,6,8-10,12,14-15,18,21,24,27,30,33,36-40,42,44-48,50,52-53H2,1-2H3,(H,57,60)/b7-5-,13-11-,17-16-,20-19-,23-22-,26-25-,29-28-,32-31-,35-34-,43-41+,51-49+. The monoisotopic (exact) mass is 826 g/mol. The Balaban J connectivity index is 3.65. The number of hydrogen-bond donors (Lipinski definition) is 3. The van der Waals surface area contributed by atoms with Gasteiger partial charge in [-0.1, -0.05) is 218 Å². The molecule has 0 fully saturated rings. The van der Waals surface area contributed by atoms with E-state index in [2.05, 4.69) is 141 Å². The molecular weight excluding hydrogens is 735 g/mol. The summed E-state index contributed by atoms with van der Waals surface area (Å²) in [6.07, 6.45) is 78.6. The van der Waals surface area contributed by atoms with Crippen molar-refractivity contribution in [3.05, 3.63) is 134 Å². The van der Waals surface area contributed by atoms with E-state index >= 15 is 0 Å². The van der Waals surface area contributed by atoms with Crippen LogP contribution < -0.4 is 5.32 Å². The highest BCUT2D eigenvalue weighted by Crippen LogP contribution is 2.12. The van der Waals surface area contributed by atoms with E-state index < -0.39 is 12.1 Å². The van der Waals surface area contributed by atoms with E-state index in [9.17, 15) is 15.0 Å². The highest BCUT2D eigenvalue weighted by atomic mass is 16.3. The number of rotatable bonds is 42. The van der Waals surface area contributed by atoms with E-state index in [1.165, 1.54) is 77.0 Å². The average molecular weight is 826 g/mol. The van der Waals surface area contributed by atoms with Crippen LogP contribution in [0.4, 0.5) is 0 Å². The van der Waals surface area contributed by atoms with Crippen molar-refractivity contribution in [1.82, 2.24) is 5.32 Å². The number of carbonyl (C=O) groups excluding carboxylic acids is 1. The van der Waals surface area contributed by atoms with E-state index in [1.807, 2.05) is 6.08 Å². The predicted octanol–water partition coefficient (Wildman–Crippen LogP) is 15.9. The summed E-state index contributed by atoms with van der Waals surface area (Å²) in [5.74, 6) is -0.0889. The molecule has 4 nitrogen and oxygen atoms in total. The molecular formula is C56H91NO3. The summed E-state index contributed by atoms with van der Waals surface area (Å²) < 4.78 is 0. The number of carbonyl (C=O) groups is 1. The first-order chi connectivity index (χ1) is 29.7. The fraction of sp³-hybridized carbons (Fsp3) is 0.589. The Morgan fingerprint density at radius 3 is 1.17 bits per heavy atom. The Labute approximate surface area is 371 Å². The highest BCUT2D eigenvalue weighted by Gasteiger charge is 2.17. The lowest BCUT2D eigenvalue weighted by Crippen LogP contribution is -2.45. The quantitative estimate of drug-likeness (QED) is 0.0424. The Kier molecular flexibility index (Phi) is 47.0. The number of nitrogens with one attached hydrogen (secondary N) is 1. The van der Waals surface area contributed by atoms with E-state index in [1.54, 1.807) is 6.08 Å². The van der Waals surface area contributed by atoms with Crippen LogP contribution in [0.3, 0.4) is 0 Å². The highest BCUT2D eigenvalue weighted by molar-refractivity contribution is 5.76. The molecule has 338 valence electrons. The van der Waals surface area contributed by atoms with Crippen molar-refractivity contribution >= 4 is 5.91 Å². The second-order valence-corrected chi connectivity index (χ2v) is 15.8. The summed E-state index contributed by atoms with van der Waals surface area (Å²) in [7, 11) is 0. The molecule has 0 aromatic rings. The van der Waals surface area contributed by atoms with Crippen molar-refractivity contribution in [1.29, 1.82) is 0 Å². The molecule has 0 saturated carbocycles. The number of hydrogen-bond acceptors (Lipinski definition) is 3. The minimum absolute atomic E-state index is 0.0889. The van der Waals surface area contributed by atoms with Crippen LogP contribution >= 0.6 is 0 Å². The van der Waals surface area contributed by atoms with Crippen LogP contribution in [0.5, 0.6) is 0 Å². The Bertz CT molecular complexity index is 1260. The zero-order valence-corrected chi connectivity index (χ0v) is 38.7. The lowest BCUT2D eigenvalue weighted by molar-refractivity contribution is -0.123. The summed E-state index contributed by atoms with van der Waals surface area (Å²) in [5.41, 5.74) is 0. The molecule has 0 radical (unpaired) electrons. The van der Waals surface area contributed by atoms with Gasteiger partial charge < -0.3 is 15.5 Å². The third kappa shape index (κ3) is 45.6. The van der Waals surface area contributed by atoms with Gasteiger partial charge in [-0.15, -0.1) is 0 Å². The lowest BCUT2D eigenvalue weighted by Gasteiger charge is -2.19. The molecule has 4 heteroatoms. The van der Waals surface area contributed by atoms with Gasteiger partial charge in [-0.2, -0.15) is 0 Å². The molecule has 0 aliphatic carbocycles. The van der Waals surface area contributed by atoms with Crippen molar-refractivity contribution in [3.63, 3.8) is 0 Å². The van der Waals surface area contributed by atoms with Crippen LogP contribution in [0, 0.1) is 0 Å². The van der Waals surface area contributed by atoms with E-state index in [0.717, 1.165) is 96.3 Å². The molecule has 1 amide bonds. The summed E-state index contributed by atoms with van der Waals surface area (Å²) in [5, 5.41) is 22.9. The summed E-state index contributed by atoms with van der Waals surface area (Å²) >= 11 is 0. The Morgan fingerprint density at radius 2 is 0.750 bits per heavy atom. The van der Waals surface area contributed by atoms with E-state index in [-0.39, 0.29) is 12.5 Å². The first kappa shape index (κ1) is 56.5. The van der Waals surface area contributed by atoms with Crippen LogP contribution in [0.25, 0.3) is 0 Å². The zero-order valence-electron chi connectivity index (χ0n) is 38.7. The lowest BCUT2D eigenvalue weighted by atomic mass is 10.1. The number of unbranched alkanes of at least 4 members (excludes halogenated alkanes) is 15. The number of aliphatic hydroxyl groups excluding tert-OH is 2. The van der Waals surface area contributed by atoms with Gasteiger partial charge >= 0.3 is 0 Å². The third-order valence-corrected chi connectivity index (χ3v) is 10.1. The molecule has 0 spiro atoms. The van der Waals surface area contributed by atoms with E-state index in [0.29, 0.717) is 6.42 Å². The second kappa shape index (κ2) is 49.9. The zero-order chi connectivity index (χ0) is 43.5. The molecule has 2 atom stereocenters. The Morgan fingerprint density at radius 1 is 0.417 bits per heavy atom. The molecule has 0 aliphatic heterocycles. The van der Waals surface area contributed by atoms with Gasteiger partial charge in [0.05, 0.1) is 18.8 Å². The summed E-state index contributed by atoms with van der Waals surface area (Å²) in [6, 6.07) is -0.650. The van der Waals surface area contributed by atoms with Gasteiger partial charge in [0.15, 0.2) is 0 Å². The number of amides is 1. The molecule has 60 heavy (non-hydrogen) atoms. The van der Waals surface area contributed by atoms with Crippen LogP contribution in [0.15, 0.2) is 134 Å². The van der Waals surface area contributed by atoms with Crippen molar-refractivity contribution < 1.29 is 15.0 Å². The predicted molar refractivity (Wildman–Crippen MR) is 266 cm³/mol. The number of allylic oxidation sites excluding steroid dienone is 21.